The van der Waals surface area contributed by atoms with E-state index in [0.29, 0.717) is 13.1 Å². The van der Waals surface area contributed by atoms with Gasteiger partial charge in [0.2, 0.25) is 0 Å². The molecule has 0 radical (unpaired) electrons. The zero-order valence-electron chi connectivity index (χ0n) is 10.3. The molecule has 18 heavy (non-hydrogen) atoms. The molecular weight excluding hydrogens is 248 g/mol. The SMILES string of the molecule is CC(O)(NCc1ccc(Cl)cc1)N1C=CC=CC1. The van der Waals surface area contributed by atoms with Crippen molar-refractivity contribution in [2.24, 2.45) is 0 Å². The highest BCUT2D eigenvalue weighted by atomic mass is 35.5. The monoisotopic (exact) mass is 264 g/mol. The van der Waals surface area contributed by atoms with Gasteiger partial charge in [0.15, 0.2) is 5.85 Å². The molecule has 1 aromatic carbocycles. The number of hydrogen-bond acceptors (Lipinski definition) is 3. The summed E-state index contributed by atoms with van der Waals surface area (Å²) in [6, 6.07) is 7.57. The Hall–Kier alpha value is -1.29. The maximum atomic E-state index is 10.4. The van der Waals surface area contributed by atoms with Gasteiger partial charge in [0.25, 0.3) is 0 Å². The van der Waals surface area contributed by atoms with Gasteiger partial charge in [0.05, 0.1) is 0 Å². The van der Waals surface area contributed by atoms with Crippen LogP contribution in [0, 0.1) is 0 Å². The molecule has 0 amide bonds. The Morgan fingerprint density at radius 1 is 1.33 bits per heavy atom. The van der Waals surface area contributed by atoms with E-state index in [0.717, 1.165) is 10.6 Å². The third-order valence-electron chi connectivity index (χ3n) is 2.92. The number of hydrogen-bond donors (Lipinski definition) is 2. The van der Waals surface area contributed by atoms with Crippen LogP contribution in [-0.2, 0) is 6.54 Å². The summed E-state index contributed by atoms with van der Waals surface area (Å²) in [4.78, 5) is 1.84. The van der Waals surface area contributed by atoms with Crippen LogP contribution in [0.25, 0.3) is 0 Å². The van der Waals surface area contributed by atoms with Gasteiger partial charge in [0.1, 0.15) is 0 Å². The second-order valence-corrected chi connectivity index (χ2v) is 4.86. The minimum absolute atomic E-state index is 0.582. The minimum Gasteiger partial charge on any atom is -0.359 e. The van der Waals surface area contributed by atoms with Crippen LogP contribution >= 0.6 is 11.6 Å². The summed E-state index contributed by atoms with van der Waals surface area (Å²) in [5.41, 5.74) is 1.08. The number of benzene rings is 1. The first-order valence-electron chi connectivity index (χ1n) is 5.90. The molecule has 0 fully saturated rings. The van der Waals surface area contributed by atoms with Gasteiger partial charge >= 0.3 is 0 Å². The molecule has 1 heterocycles. The molecule has 0 saturated heterocycles. The van der Waals surface area contributed by atoms with Crippen molar-refractivity contribution in [3.05, 3.63) is 59.3 Å². The van der Waals surface area contributed by atoms with Gasteiger partial charge in [-0.25, -0.2) is 0 Å². The molecular formula is C14H17ClN2O. The molecule has 4 heteroatoms. The molecule has 2 N–H and O–H groups in total. The van der Waals surface area contributed by atoms with Gasteiger partial charge in [-0.2, -0.15) is 0 Å². The molecule has 0 aromatic heterocycles. The Morgan fingerprint density at radius 3 is 2.67 bits per heavy atom. The van der Waals surface area contributed by atoms with E-state index < -0.39 is 5.85 Å². The van der Waals surface area contributed by atoms with E-state index in [1.54, 1.807) is 6.92 Å². The van der Waals surface area contributed by atoms with Crippen molar-refractivity contribution in [3.8, 4) is 0 Å². The van der Waals surface area contributed by atoms with Crippen molar-refractivity contribution < 1.29 is 5.11 Å². The van der Waals surface area contributed by atoms with E-state index in [1.165, 1.54) is 0 Å². The topological polar surface area (TPSA) is 35.5 Å². The number of nitrogens with one attached hydrogen (secondary N) is 1. The van der Waals surface area contributed by atoms with Gasteiger partial charge < -0.3 is 10.0 Å². The zero-order chi connectivity index (χ0) is 13.0. The predicted octanol–water partition coefficient (Wildman–Crippen LogP) is 2.48. The molecule has 0 spiro atoms. The largest absolute Gasteiger partial charge is 0.359 e. The molecule has 2 rings (SSSR count). The van der Waals surface area contributed by atoms with Gasteiger partial charge in [-0.15, -0.1) is 0 Å². The summed E-state index contributed by atoms with van der Waals surface area (Å²) < 4.78 is 0. The molecule has 1 unspecified atom stereocenters. The molecule has 3 nitrogen and oxygen atoms in total. The van der Waals surface area contributed by atoms with Crippen LogP contribution in [0.4, 0.5) is 0 Å². The highest BCUT2D eigenvalue weighted by molar-refractivity contribution is 6.30. The predicted molar refractivity (Wildman–Crippen MR) is 73.9 cm³/mol. The van der Waals surface area contributed by atoms with E-state index in [-0.39, 0.29) is 0 Å². The molecule has 0 bridgehead atoms. The number of allylic oxidation sites excluding steroid dienone is 2. The summed E-state index contributed by atoms with van der Waals surface area (Å²) in [6.07, 6.45) is 7.74. The summed E-state index contributed by atoms with van der Waals surface area (Å²) in [6.45, 7) is 3.02. The third kappa shape index (κ3) is 3.35. The molecule has 96 valence electrons. The molecule has 1 aromatic rings. The Kier molecular flexibility index (Phi) is 4.07. The summed E-state index contributed by atoms with van der Waals surface area (Å²) in [5.74, 6) is -1.07. The Balaban J connectivity index is 1.94. The average molecular weight is 265 g/mol. The first kappa shape index (κ1) is 13.1. The maximum Gasteiger partial charge on any atom is 0.192 e. The average Bonchev–Trinajstić information content (AvgIpc) is 2.39. The van der Waals surface area contributed by atoms with Gasteiger partial charge in [-0.1, -0.05) is 35.9 Å². The number of aliphatic hydroxyl groups is 1. The van der Waals surface area contributed by atoms with Crippen LogP contribution in [0.2, 0.25) is 5.02 Å². The highest BCUT2D eigenvalue weighted by Crippen LogP contribution is 2.14. The standard InChI is InChI=1S/C14H17ClN2O/c1-14(18,17-9-3-2-4-10-17)16-11-12-5-7-13(15)8-6-12/h2-9,16,18H,10-11H2,1H3. The second kappa shape index (κ2) is 5.57. The van der Waals surface area contributed by atoms with E-state index in [4.69, 9.17) is 11.6 Å². The maximum absolute atomic E-state index is 10.4. The van der Waals surface area contributed by atoms with Crippen LogP contribution in [0.1, 0.15) is 12.5 Å². The Bertz CT molecular complexity index is 451. The Morgan fingerprint density at radius 2 is 2.06 bits per heavy atom. The van der Waals surface area contributed by atoms with Crippen molar-refractivity contribution in [1.82, 2.24) is 10.2 Å². The fourth-order valence-electron chi connectivity index (χ4n) is 1.76. The van der Waals surface area contributed by atoms with E-state index in [1.807, 2.05) is 53.6 Å². The lowest BCUT2D eigenvalue weighted by molar-refractivity contribution is -0.0918. The number of rotatable bonds is 4. The van der Waals surface area contributed by atoms with Crippen LogP contribution in [0.15, 0.2) is 48.7 Å². The van der Waals surface area contributed by atoms with Crippen molar-refractivity contribution in [2.75, 3.05) is 6.54 Å². The minimum atomic E-state index is -1.07. The van der Waals surface area contributed by atoms with Gasteiger partial charge in [0, 0.05) is 24.3 Å². The lowest BCUT2D eigenvalue weighted by atomic mass is 10.2. The Labute approximate surface area is 112 Å². The van der Waals surface area contributed by atoms with E-state index in [2.05, 4.69) is 5.32 Å². The third-order valence-corrected chi connectivity index (χ3v) is 3.17. The molecule has 1 aliphatic rings. The first-order chi connectivity index (χ1) is 8.58. The molecule has 1 atom stereocenters. The van der Waals surface area contributed by atoms with Crippen molar-refractivity contribution in [1.29, 1.82) is 0 Å². The molecule has 0 aliphatic carbocycles. The summed E-state index contributed by atoms with van der Waals surface area (Å²) in [7, 11) is 0. The smallest absolute Gasteiger partial charge is 0.192 e. The van der Waals surface area contributed by atoms with Gasteiger partial charge in [-0.3, -0.25) is 5.32 Å². The molecule has 1 aliphatic heterocycles. The fourth-order valence-corrected chi connectivity index (χ4v) is 1.89. The lowest BCUT2D eigenvalue weighted by Crippen LogP contribution is -2.54. The van der Waals surface area contributed by atoms with Crippen LogP contribution in [0.5, 0.6) is 0 Å². The quantitative estimate of drug-likeness (QED) is 0.821. The summed E-state index contributed by atoms with van der Waals surface area (Å²) >= 11 is 5.83. The normalized spacial score (nSPS) is 17.8. The van der Waals surface area contributed by atoms with Crippen LogP contribution in [-0.4, -0.2) is 22.4 Å². The highest BCUT2D eigenvalue weighted by Gasteiger charge is 2.25. The van der Waals surface area contributed by atoms with Crippen LogP contribution < -0.4 is 5.32 Å². The summed E-state index contributed by atoms with van der Waals surface area (Å²) in [5, 5.41) is 14.2. The zero-order valence-corrected chi connectivity index (χ0v) is 11.1. The van der Waals surface area contributed by atoms with Gasteiger partial charge in [-0.05, 0) is 30.7 Å². The second-order valence-electron chi connectivity index (χ2n) is 4.42. The fraction of sp³-hybridized carbons (Fsp3) is 0.286. The number of halogens is 1. The van der Waals surface area contributed by atoms with Crippen molar-refractivity contribution >= 4 is 11.6 Å². The lowest BCUT2D eigenvalue weighted by Gasteiger charge is -2.37. The first-order valence-corrected chi connectivity index (χ1v) is 6.28. The van der Waals surface area contributed by atoms with E-state index in [9.17, 15) is 5.11 Å². The molecule has 0 saturated carbocycles. The number of nitrogens with zero attached hydrogens (tertiary/aromatic N) is 1. The van der Waals surface area contributed by atoms with Crippen molar-refractivity contribution in [2.45, 2.75) is 19.3 Å². The van der Waals surface area contributed by atoms with Crippen LogP contribution in [0.3, 0.4) is 0 Å². The van der Waals surface area contributed by atoms with E-state index >= 15 is 0 Å². The van der Waals surface area contributed by atoms with Crippen molar-refractivity contribution in [3.63, 3.8) is 0 Å².